The van der Waals surface area contributed by atoms with Gasteiger partial charge in [-0.15, -0.1) is 0 Å². The minimum Gasteiger partial charge on any atom is -0.314 e. The lowest BCUT2D eigenvalue weighted by molar-refractivity contribution is 0.462. The molecule has 0 heterocycles. The largest absolute Gasteiger partial charge is 0.314 e. The molecule has 2 heteroatoms. The third-order valence-electron chi connectivity index (χ3n) is 3.51. The highest BCUT2D eigenvalue weighted by Gasteiger charge is 2.22. The van der Waals surface area contributed by atoms with E-state index in [0.717, 1.165) is 23.9 Å². The number of rotatable bonds is 7. The molecule has 1 saturated carbocycles. The molecule has 0 bridgehead atoms. The van der Waals surface area contributed by atoms with E-state index in [1.165, 1.54) is 31.2 Å². The predicted molar refractivity (Wildman–Crippen MR) is 74.6 cm³/mol. The summed E-state index contributed by atoms with van der Waals surface area (Å²) in [7, 11) is 0. The van der Waals surface area contributed by atoms with Crippen LogP contribution in [0, 0.1) is 5.92 Å². The number of benzene rings is 1. The Morgan fingerprint density at radius 2 is 2.00 bits per heavy atom. The number of hydrogen-bond donors (Lipinski definition) is 1. The van der Waals surface area contributed by atoms with Crippen LogP contribution in [-0.4, -0.2) is 12.6 Å². The maximum Gasteiger partial charge on any atom is 0.0406 e. The number of nitrogens with one attached hydrogen (secondary N) is 1. The molecule has 0 aromatic heterocycles. The van der Waals surface area contributed by atoms with Crippen LogP contribution in [0.15, 0.2) is 24.3 Å². The van der Waals surface area contributed by atoms with Crippen LogP contribution in [0.25, 0.3) is 0 Å². The first-order valence-corrected chi connectivity index (χ1v) is 7.13. The Hall–Kier alpha value is -0.530. The molecular formula is C15H22ClN. The first-order chi connectivity index (χ1) is 8.28. The SMILES string of the molecule is CCNC(CCC1CC1)Cc1ccc(Cl)cc1. The fourth-order valence-electron chi connectivity index (χ4n) is 2.31. The molecule has 94 valence electrons. The van der Waals surface area contributed by atoms with Crippen molar-refractivity contribution >= 4 is 11.6 Å². The van der Waals surface area contributed by atoms with Crippen LogP contribution >= 0.6 is 11.6 Å². The smallest absolute Gasteiger partial charge is 0.0406 e. The summed E-state index contributed by atoms with van der Waals surface area (Å²) in [6, 6.07) is 8.89. The number of hydrogen-bond acceptors (Lipinski definition) is 1. The van der Waals surface area contributed by atoms with Gasteiger partial charge in [-0.2, -0.15) is 0 Å². The molecule has 0 spiro atoms. The molecule has 0 aliphatic heterocycles. The van der Waals surface area contributed by atoms with Crippen LogP contribution in [0.2, 0.25) is 5.02 Å². The minimum absolute atomic E-state index is 0.627. The number of likely N-dealkylation sites (N-methyl/N-ethyl adjacent to an activating group) is 1. The summed E-state index contributed by atoms with van der Waals surface area (Å²) in [4.78, 5) is 0. The zero-order valence-corrected chi connectivity index (χ0v) is 11.3. The van der Waals surface area contributed by atoms with Crippen molar-refractivity contribution in [2.24, 2.45) is 5.92 Å². The van der Waals surface area contributed by atoms with Crippen LogP contribution in [0.4, 0.5) is 0 Å². The van der Waals surface area contributed by atoms with Gasteiger partial charge in [0.25, 0.3) is 0 Å². The monoisotopic (exact) mass is 251 g/mol. The van der Waals surface area contributed by atoms with Gasteiger partial charge in [-0.25, -0.2) is 0 Å². The van der Waals surface area contributed by atoms with Crippen LogP contribution in [0.3, 0.4) is 0 Å². The van der Waals surface area contributed by atoms with E-state index in [-0.39, 0.29) is 0 Å². The Morgan fingerprint density at radius 3 is 2.59 bits per heavy atom. The molecule has 1 aromatic carbocycles. The molecule has 1 aromatic rings. The Kier molecular flexibility index (Phi) is 4.87. The van der Waals surface area contributed by atoms with E-state index in [4.69, 9.17) is 11.6 Å². The molecule has 1 unspecified atom stereocenters. The molecule has 1 nitrogen and oxygen atoms in total. The van der Waals surface area contributed by atoms with Crippen molar-refractivity contribution in [3.8, 4) is 0 Å². The van der Waals surface area contributed by atoms with Crippen LogP contribution in [0.1, 0.15) is 38.2 Å². The third-order valence-corrected chi connectivity index (χ3v) is 3.76. The van der Waals surface area contributed by atoms with Gasteiger partial charge in [0.1, 0.15) is 0 Å². The van der Waals surface area contributed by atoms with Gasteiger partial charge in [0.05, 0.1) is 0 Å². The summed E-state index contributed by atoms with van der Waals surface area (Å²) < 4.78 is 0. The van der Waals surface area contributed by atoms with Gasteiger partial charge in [0, 0.05) is 11.1 Å². The van der Waals surface area contributed by atoms with Gasteiger partial charge in [-0.05, 0) is 49.4 Å². The standard InChI is InChI=1S/C15H22ClN/c1-2-17-15(10-7-12-3-4-12)11-13-5-8-14(16)9-6-13/h5-6,8-9,12,15,17H,2-4,7,10-11H2,1H3. The first-order valence-electron chi connectivity index (χ1n) is 6.75. The summed E-state index contributed by atoms with van der Waals surface area (Å²) in [6.45, 7) is 3.24. The molecule has 1 N–H and O–H groups in total. The number of halogens is 1. The quantitative estimate of drug-likeness (QED) is 0.771. The average Bonchev–Trinajstić information content (AvgIpc) is 3.13. The Morgan fingerprint density at radius 1 is 1.29 bits per heavy atom. The second kappa shape index (κ2) is 6.42. The lowest BCUT2D eigenvalue weighted by atomic mass is 10.0. The zero-order valence-electron chi connectivity index (χ0n) is 10.6. The van der Waals surface area contributed by atoms with Crippen molar-refractivity contribution in [1.29, 1.82) is 0 Å². The summed E-state index contributed by atoms with van der Waals surface area (Å²) in [5, 5.41) is 4.42. The van der Waals surface area contributed by atoms with Crippen LogP contribution < -0.4 is 5.32 Å². The summed E-state index contributed by atoms with van der Waals surface area (Å²) in [5.74, 6) is 1.03. The molecule has 1 fully saturated rings. The summed E-state index contributed by atoms with van der Waals surface area (Å²) in [6.07, 6.45) is 6.74. The van der Waals surface area contributed by atoms with Crippen molar-refractivity contribution in [1.82, 2.24) is 5.32 Å². The molecule has 0 radical (unpaired) electrons. The zero-order chi connectivity index (χ0) is 12.1. The van der Waals surface area contributed by atoms with Gasteiger partial charge in [0.15, 0.2) is 0 Å². The van der Waals surface area contributed by atoms with Crippen molar-refractivity contribution < 1.29 is 0 Å². The molecule has 0 saturated heterocycles. The van der Waals surface area contributed by atoms with E-state index in [0.29, 0.717) is 6.04 Å². The van der Waals surface area contributed by atoms with E-state index < -0.39 is 0 Å². The molecule has 1 aliphatic carbocycles. The molecule has 17 heavy (non-hydrogen) atoms. The highest BCUT2D eigenvalue weighted by molar-refractivity contribution is 6.30. The fourth-order valence-corrected chi connectivity index (χ4v) is 2.44. The van der Waals surface area contributed by atoms with E-state index in [9.17, 15) is 0 Å². The van der Waals surface area contributed by atoms with Gasteiger partial charge in [0.2, 0.25) is 0 Å². The topological polar surface area (TPSA) is 12.0 Å². The van der Waals surface area contributed by atoms with Gasteiger partial charge in [-0.3, -0.25) is 0 Å². The molecule has 1 atom stereocenters. The van der Waals surface area contributed by atoms with Crippen molar-refractivity contribution in [2.75, 3.05) is 6.54 Å². The molecule has 0 amide bonds. The Bertz CT molecular complexity index is 329. The maximum absolute atomic E-state index is 5.90. The van der Waals surface area contributed by atoms with Crippen LogP contribution in [-0.2, 0) is 6.42 Å². The maximum atomic E-state index is 5.90. The predicted octanol–water partition coefficient (Wildman–Crippen LogP) is 4.05. The minimum atomic E-state index is 0.627. The molecule has 1 aliphatic rings. The van der Waals surface area contributed by atoms with Crippen molar-refractivity contribution in [3.05, 3.63) is 34.9 Å². The lowest BCUT2D eigenvalue weighted by Gasteiger charge is -2.17. The van der Waals surface area contributed by atoms with Gasteiger partial charge < -0.3 is 5.32 Å². The normalized spacial score (nSPS) is 17.1. The highest BCUT2D eigenvalue weighted by Crippen LogP contribution is 2.34. The fraction of sp³-hybridized carbons (Fsp3) is 0.600. The van der Waals surface area contributed by atoms with Crippen LogP contribution in [0.5, 0.6) is 0 Å². The Labute approximate surface area is 110 Å². The van der Waals surface area contributed by atoms with E-state index >= 15 is 0 Å². The van der Waals surface area contributed by atoms with Gasteiger partial charge >= 0.3 is 0 Å². The highest BCUT2D eigenvalue weighted by atomic mass is 35.5. The summed E-state index contributed by atoms with van der Waals surface area (Å²) >= 11 is 5.90. The van der Waals surface area contributed by atoms with E-state index in [2.05, 4.69) is 24.4 Å². The molecular weight excluding hydrogens is 230 g/mol. The average molecular weight is 252 g/mol. The first kappa shape index (κ1) is 12.9. The van der Waals surface area contributed by atoms with Crippen molar-refractivity contribution in [3.63, 3.8) is 0 Å². The second-order valence-electron chi connectivity index (χ2n) is 5.11. The Balaban J connectivity index is 1.84. The van der Waals surface area contributed by atoms with Crippen molar-refractivity contribution in [2.45, 2.75) is 45.1 Å². The lowest BCUT2D eigenvalue weighted by Crippen LogP contribution is -2.31. The van der Waals surface area contributed by atoms with Gasteiger partial charge in [-0.1, -0.05) is 43.5 Å². The summed E-state index contributed by atoms with van der Waals surface area (Å²) in [5.41, 5.74) is 1.39. The third kappa shape index (κ3) is 4.69. The van der Waals surface area contributed by atoms with E-state index in [1.54, 1.807) is 0 Å². The molecule has 2 rings (SSSR count). The van der Waals surface area contributed by atoms with E-state index in [1.807, 2.05) is 12.1 Å². The second-order valence-corrected chi connectivity index (χ2v) is 5.54.